The van der Waals surface area contributed by atoms with Crippen LogP contribution < -0.4 is 5.32 Å². The monoisotopic (exact) mass is 209 g/mol. The Morgan fingerprint density at radius 1 is 1.20 bits per heavy atom. The molecule has 0 saturated heterocycles. The molecule has 1 rings (SSSR count). The molecule has 1 aromatic rings. The van der Waals surface area contributed by atoms with E-state index >= 15 is 0 Å². The maximum absolute atomic E-state index is 4.58. The first-order valence-corrected chi connectivity index (χ1v) is 5.78. The molecule has 0 aliphatic rings. The molecule has 0 aliphatic heterocycles. The molecular formula is C12H23N3. The van der Waals surface area contributed by atoms with Crippen molar-refractivity contribution < 1.29 is 0 Å². The third-order valence-corrected chi connectivity index (χ3v) is 2.39. The highest BCUT2D eigenvalue weighted by Gasteiger charge is 2.11. The molecule has 0 saturated carbocycles. The zero-order chi connectivity index (χ0) is 11.5. The molecule has 1 aromatic heterocycles. The summed E-state index contributed by atoms with van der Waals surface area (Å²) in [5, 5.41) is 3.43. The number of nitrogens with zero attached hydrogens (tertiary/aromatic N) is 1. The lowest BCUT2D eigenvalue weighted by atomic mass is 10.1. The summed E-state index contributed by atoms with van der Waals surface area (Å²) in [5.74, 6) is 1.05. The van der Waals surface area contributed by atoms with Gasteiger partial charge in [0.2, 0.25) is 0 Å². The van der Waals surface area contributed by atoms with Gasteiger partial charge in [0, 0.05) is 11.2 Å². The van der Waals surface area contributed by atoms with Gasteiger partial charge in [0.15, 0.2) is 0 Å². The van der Waals surface area contributed by atoms with Crippen LogP contribution in [0, 0.1) is 0 Å². The minimum atomic E-state index is 0.144. The van der Waals surface area contributed by atoms with Crippen LogP contribution in [-0.2, 0) is 19.4 Å². The second kappa shape index (κ2) is 4.79. The number of aromatic amines is 1. The standard InChI is InChI=1S/C12H23N3/c1-6-9-10(7-2)15-11(14-9)8-13-12(3,4)5/h13H,6-8H2,1-5H3,(H,14,15). The zero-order valence-electron chi connectivity index (χ0n) is 10.6. The highest BCUT2D eigenvalue weighted by Crippen LogP contribution is 2.09. The summed E-state index contributed by atoms with van der Waals surface area (Å²) >= 11 is 0. The van der Waals surface area contributed by atoms with Gasteiger partial charge in [-0.05, 0) is 33.6 Å². The first-order valence-electron chi connectivity index (χ1n) is 5.78. The van der Waals surface area contributed by atoms with E-state index in [4.69, 9.17) is 0 Å². The van der Waals surface area contributed by atoms with Crippen LogP contribution in [0.5, 0.6) is 0 Å². The maximum atomic E-state index is 4.58. The van der Waals surface area contributed by atoms with E-state index in [9.17, 15) is 0 Å². The normalized spacial score (nSPS) is 12.1. The molecule has 0 aliphatic carbocycles. The summed E-state index contributed by atoms with van der Waals surface area (Å²) in [6, 6.07) is 0. The minimum absolute atomic E-state index is 0.144. The van der Waals surface area contributed by atoms with Crippen molar-refractivity contribution in [1.82, 2.24) is 15.3 Å². The first kappa shape index (κ1) is 12.2. The van der Waals surface area contributed by atoms with Crippen molar-refractivity contribution in [2.75, 3.05) is 0 Å². The Kier molecular flexibility index (Phi) is 3.91. The minimum Gasteiger partial charge on any atom is -0.345 e. The van der Waals surface area contributed by atoms with Crippen molar-refractivity contribution in [3.63, 3.8) is 0 Å². The highest BCUT2D eigenvalue weighted by molar-refractivity contribution is 5.14. The van der Waals surface area contributed by atoms with E-state index in [0.717, 1.165) is 25.2 Å². The number of nitrogens with one attached hydrogen (secondary N) is 2. The first-order chi connectivity index (χ1) is 6.96. The molecule has 0 aromatic carbocycles. The van der Waals surface area contributed by atoms with Gasteiger partial charge in [-0.25, -0.2) is 4.98 Å². The average Bonchev–Trinajstić information content (AvgIpc) is 2.56. The van der Waals surface area contributed by atoms with Crippen LogP contribution >= 0.6 is 0 Å². The van der Waals surface area contributed by atoms with Crippen LogP contribution in [0.4, 0.5) is 0 Å². The van der Waals surface area contributed by atoms with E-state index in [-0.39, 0.29) is 5.54 Å². The lowest BCUT2D eigenvalue weighted by Crippen LogP contribution is -2.35. The second-order valence-electron chi connectivity index (χ2n) is 4.92. The summed E-state index contributed by atoms with van der Waals surface area (Å²) in [5.41, 5.74) is 2.64. The summed E-state index contributed by atoms with van der Waals surface area (Å²) in [6.07, 6.45) is 2.04. The van der Waals surface area contributed by atoms with Gasteiger partial charge in [-0.15, -0.1) is 0 Å². The molecule has 15 heavy (non-hydrogen) atoms. The van der Waals surface area contributed by atoms with E-state index in [2.05, 4.69) is 49.9 Å². The molecule has 0 bridgehead atoms. The van der Waals surface area contributed by atoms with Gasteiger partial charge in [0.25, 0.3) is 0 Å². The van der Waals surface area contributed by atoms with Crippen LogP contribution in [0.3, 0.4) is 0 Å². The molecule has 0 unspecified atom stereocenters. The highest BCUT2D eigenvalue weighted by atomic mass is 15.0. The molecule has 86 valence electrons. The Labute approximate surface area is 92.7 Å². The fourth-order valence-electron chi connectivity index (χ4n) is 1.52. The Morgan fingerprint density at radius 2 is 1.87 bits per heavy atom. The molecule has 2 N–H and O–H groups in total. The van der Waals surface area contributed by atoms with Gasteiger partial charge in [-0.1, -0.05) is 13.8 Å². The quantitative estimate of drug-likeness (QED) is 0.799. The SMILES string of the molecule is CCc1nc(CNC(C)(C)C)[nH]c1CC. The Bertz CT molecular complexity index is 286. The Hall–Kier alpha value is -0.830. The number of aromatic nitrogens is 2. The zero-order valence-corrected chi connectivity index (χ0v) is 10.6. The molecule has 0 fully saturated rings. The van der Waals surface area contributed by atoms with E-state index in [1.807, 2.05) is 0 Å². The smallest absolute Gasteiger partial charge is 0.120 e. The number of H-pyrrole nitrogens is 1. The van der Waals surface area contributed by atoms with Gasteiger partial charge < -0.3 is 10.3 Å². The van der Waals surface area contributed by atoms with Crippen LogP contribution in [0.25, 0.3) is 0 Å². The van der Waals surface area contributed by atoms with Gasteiger partial charge in [0.05, 0.1) is 12.2 Å². The third kappa shape index (κ3) is 3.67. The molecule has 3 nitrogen and oxygen atoms in total. The van der Waals surface area contributed by atoms with Crippen molar-refractivity contribution in [3.8, 4) is 0 Å². The maximum Gasteiger partial charge on any atom is 0.120 e. The molecule has 0 atom stereocenters. The van der Waals surface area contributed by atoms with Gasteiger partial charge in [-0.2, -0.15) is 0 Å². The Morgan fingerprint density at radius 3 is 2.27 bits per heavy atom. The largest absolute Gasteiger partial charge is 0.345 e. The lowest BCUT2D eigenvalue weighted by molar-refractivity contribution is 0.418. The van der Waals surface area contributed by atoms with E-state index in [1.54, 1.807) is 0 Å². The van der Waals surface area contributed by atoms with Gasteiger partial charge >= 0.3 is 0 Å². The van der Waals surface area contributed by atoms with Crippen LogP contribution in [0.2, 0.25) is 0 Å². The summed E-state index contributed by atoms with van der Waals surface area (Å²) in [7, 11) is 0. The number of hydrogen-bond donors (Lipinski definition) is 2. The number of rotatable bonds is 4. The van der Waals surface area contributed by atoms with Crippen LogP contribution in [0.1, 0.15) is 51.8 Å². The molecule has 3 heteroatoms. The predicted octanol–water partition coefficient (Wildman–Crippen LogP) is 2.42. The summed E-state index contributed by atoms with van der Waals surface area (Å²) in [6.45, 7) is 11.6. The molecular weight excluding hydrogens is 186 g/mol. The van der Waals surface area contributed by atoms with E-state index in [0.29, 0.717) is 0 Å². The topological polar surface area (TPSA) is 40.7 Å². The van der Waals surface area contributed by atoms with E-state index < -0.39 is 0 Å². The third-order valence-electron chi connectivity index (χ3n) is 2.39. The van der Waals surface area contributed by atoms with Crippen LogP contribution in [-0.4, -0.2) is 15.5 Å². The number of imidazole rings is 1. The predicted molar refractivity (Wildman–Crippen MR) is 63.9 cm³/mol. The Balaban J connectivity index is 2.66. The second-order valence-corrected chi connectivity index (χ2v) is 4.92. The van der Waals surface area contributed by atoms with Crippen molar-refractivity contribution in [2.24, 2.45) is 0 Å². The average molecular weight is 209 g/mol. The van der Waals surface area contributed by atoms with Gasteiger partial charge in [0.1, 0.15) is 5.82 Å². The van der Waals surface area contributed by atoms with E-state index in [1.165, 1.54) is 11.4 Å². The fraction of sp³-hybridized carbons (Fsp3) is 0.750. The fourth-order valence-corrected chi connectivity index (χ4v) is 1.52. The molecule has 0 amide bonds. The number of hydrogen-bond acceptors (Lipinski definition) is 2. The summed E-state index contributed by atoms with van der Waals surface area (Å²) in [4.78, 5) is 7.97. The summed E-state index contributed by atoms with van der Waals surface area (Å²) < 4.78 is 0. The van der Waals surface area contributed by atoms with Crippen molar-refractivity contribution in [1.29, 1.82) is 0 Å². The number of aryl methyl sites for hydroxylation is 2. The molecule has 1 heterocycles. The van der Waals surface area contributed by atoms with Crippen molar-refractivity contribution in [2.45, 2.75) is 59.5 Å². The van der Waals surface area contributed by atoms with Crippen LogP contribution in [0.15, 0.2) is 0 Å². The van der Waals surface area contributed by atoms with Crippen molar-refractivity contribution >= 4 is 0 Å². The van der Waals surface area contributed by atoms with Crippen molar-refractivity contribution in [3.05, 3.63) is 17.2 Å². The lowest BCUT2D eigenvalue weighted by Gasteiger charge is -2.19. The molecule has 0 spiro atoms. The molecule has 0 radical (unpaired) electrons. The van der Waals surface area contributed by atoms with Gasteiger partial charge in [-0.3, -0.25) is 0 Å².